The maximum atomic E-state index is 5.93. The van der Waals surface area contributed by atoms with E-state index < -0.39 is 0 Å². The van der Waals surface area contributed by atoms with Gasteiger partial charge in [0.25, 0.3) is 0 Å². The van der Waals surface area contributed by atoms with E-state index in [1.165, 1.54) is 37.9 Å². The number of piperidine rings is 1. The molecule has 1 fully saturated rings. The Morgan fingerprint density at radius 1 is 0.920 bits per heavy atom. The van der Waals surface area contributed by atoms with E-state index in [1.54, 1.807) is 0 Å². The van der Waals surface area contributed by atoms with Crippen molar-refractivity contribution in [2.45, 2.75) is 32.2 Å². The molecule has 3 rings (SSSR count). The Kier molecular flexibility index (Phi) is 7.16. The number of likely N-dealkylation sites (tertiary alicyclic amines) is 1. The summed E-state index contributed by atoms with van der Waals surface area (Å²) in [5.41, 5.74) is 8.72. The van der Waals surface area contributed by atoms with E-state index in [0.717, 1.165) is 37.6 Å². The SMILES string of the molecule is c1ccc(NNCc2cccc(OCCCN3CCCCC3)c2)cc1. The zero-order valence-electron chi connectivity index (χ0n) is 14.9. The highest BCUT2D eigenvalue weighted by molar-refractivity contribution is 5.41. The second kappa shape index (κ2) is 10.1. The van der Waals surface area contributed by atoms with Crippen LogP contribution in [0.25, 0.3) is 0 Å². The van der Waals surface area contributed by atoms with E-state index in [4.69, 9.17) is 4.74 Å². The minimum absolute atomic E-state index is 0.750. The van der Waals surface area contributed by atoms with Gasteiger partial charge in [0.15, 0.2) is 0 Å². The van der Waals surface area contributed by atoms with Crippen molar-refractivity contribution in [3.05, 3.63) is 60.2 Å². The molecule has 0 aromatic heterocycles. The van der Waals surface area contributed by atoms with Gasteiger partial charge in [0.05, 0.1) is 6.61 Å². The van der Waals surface area contributed by atoms with Gasteiger partial charge >= 0.3 is 0 Å². The van der Waals surface area contributed by atoms with Crippen LogP contribution in [0.4, 0.5) is 5.69 Å². The summed E-state index contributed by atoms with van der Waals surface area (Å²) >= 11 is 0. The first-order valence-electron chi connectivity index (χ1n) is 9.38. The fourth-order valence-electron chi connectivity index (χ4n) is 3.18. The van der Waals surface area contributed by atoms with E-state index in [2.05, 4.69) is 34.0 Å². The maximum absolute atomic E-state index is 5.93. The van der Waals surface area contributed by atoms with Crippen LogP contribution in [0.1, 0.15) is 31.2 Å². The molecule has 2 aromatic carbocycles. The third-order valence-electron chi connectivity index (χ3n) is 4.53. The van der Waals surface area contributed by atoms with Gasteiger partial charge in [-0.15, -0.1) is 0 Å². The number of benzene rings is 2. The Morgan fingerprint density at radius 2 is 1.76 bits per heavy atom. The number of hydrogen-bond acceptors (Lipinski definition) is 4. The summed E-state index contributed by atoms with van der Waals surface area (Å²) in [7, 11) is 0. The first kappa shape index (κ1) is 17.8. The molecule has 134 valence electrons. The number of nitrogens with zero attached hydrogens (tertiary/aromatic N) is 1. The molecule has 0 radical (unpaired) electrons. The fraction of sp³-hybridized carbons (Fsp3) is 0.429. The average molecular weight is 339 g/mol. The third kappa shape index (κ3) is 6.40. The summed E-state index contributed by atoms with van der Waals surface area (Å²) < 4.78 is 5.93. The quantitative estimate of drug-likeness (QED) is 0.534. The number of para-hydroxylation sites is 1. The summed E-state index contributed by atoms with van der Waals surface area (Å²) in [6, 6.07) is 18.4. The number of hydrogen-bond donors (Lipinski definition) is 2. The Labute approximate surface area is 151 Å². The molecule has 1 heterocycles. The second-order valence-corrected chi connectivity index (χ2v) is 6.60. The van der Waals surface area contributed by atoms with Crippen LogP contribution in [-0.2, 0) is 6.54 Å². The Morgan fingerprint density at radius 3 is 2.60 bits per heavy atom. The number of hydrazine groups is 1. The standard InChI is InChI=1S/C21H29N3O/c1-3-10-20(11-4-1)23-22-18-19-9-7-12-21(17-19)25-16-8-15-24-13-5-2-6-14-24/h1,3-4,7,9-12,17,22-23H,2,5-6,8,13-16,18H2. The fourth-order valence-corrected chi connectivity index (χ4v) is 3.18. The average Bonchev–Trinajstić information content (AvgIpc) is 2.67. The lowest BCUT2D eigenvalue weighted by Gasteiger charge is -2.26. The largest absolute Gasteiger partial charge is 0.494 e. The summed E-state index contributed by atoms with van der Waals surface area (Å²) in [5, 5.41) is 0. The van der Waals surface area contributed by atoms with Crippen molar-refractivity contribution >= 4 is 5.69 Å². The van der Waals surface area contributed by atoms with Crippen LogP contribution in [-0.4, -0.2) is 31.1 Å². The molecule has 2 aromatic rings. The molecule has 0 unspecified atom stereocenters. The van der Waals surface area contributed by atoms with Gasteiger partial charge in [-0.2, -0.15) is 0 Å². The zero-order valence-corrected chi connectivity index (χ0v) is 14.9. The van der Waals surface area contributed by atoms with Crippen molar-refractivity contribution in [3.8, 4) is 5.75 Å². The molecule has 4 nitrogen and oxygen atoms in total. The van der Waals surface area contributed by atoms with Crippen LogP contribution in [0.3, 0.4) is 0 Å². The van der Waals surface area contributed by atoms with E-state index in [1.807, 2.05) is 36.4 Å². The lowest BCUT2D eigenvalue weighted by molar-refractivity contribution is 0.205. The molecule has 0 aliphatic carbocycles. The van der Waals surface area contributed by atoms with Crippen molar-refractivity contribution in [2.24, 2.45) is 0 Å². The minimum atomic E-state index is 0.750. The highest BCUT2D eigenvalue weighted by Crippen LogP contribution is 2.14. The second-order valence-electron chi connectivity index (χ2n) is 6.60. The van der Waals surface area contributed by atoms with Crippen molar-refractivity contribution in [1.29, 1.82) is 0 Å². The monoisotopic (exact) mass is 339 g/mol. The molecular weight excluding hydrogens is 310 g/mol. The predicted octanol–water partition coefficient (Wildman–Crippen LogP) is 4.06. The van der Waals surface area contributed by atoms with Gasteiger partial charge in [-0.25, -0.2) is 5.43 Å². The molecule has 1 saturated heterocycles. The zero-order chi connectivity index (χ0) is 17.2. The molecule has 0 saturated carbocycles. The van der Waals surface area contributed by atoms with E-state index in [9.17, 15) is 0 Å². The van der Waals surface area contributed by atoms with Crippen LogP contribution < -0.4 is 15.6 Å². The van der Waals surface area contributed by atoms with Crippen molar-refractivity contribution in [2.75, 3.05) is 31.7 Å². The first-order valence-corrected chi connectivity index (χ1v) is 9.38. The summed E-state index contributed by atoms with van der Waals surface area (Å²) in [4.78, 5) is 2.56. The topological polar surface area (TPSA) is 36.5 Å². The molecule has 2 N–H and O–H groups in total. The number of nitrogens with one attached hydrogen (secondary N) is 2. The Bertz CT molecular complexity index is 612. The summed E-state index contributed by atoms with van der Waals surface area (Å²) in [6.07, 6.45) is 5.20. The van der Waals surface area contributed by atoms with Crippen LogP contribution in [0.15, 0.2) is 54.6 Å². The molecule has 0 amide bonds. The van der Waals surface area contributed by atoms with Crippen LogP contribution >= 0.6 is 0 Å². The molecule has 0 bridgehead atoms. The van der Waals surface area contributed by atoms with Gasteiger partial charge in [-0.3, -0.25) is 0 Å². The van der Waals surface area contributed by atoms with Crippen molar-refractivity contribution < 1.29 is 4.74 Å². The van der Waals surface area contributed by atoms with Gasteiger partial charge in [0.1, 0.15) is 5.75 Å². The predicted molar refractivity (Wildman–Crippen MR) is 104 cm³/mol. The summed E-state index contributed by atoms with van der Waals surface area (Å²) in [5.74, 6) is 0.956. The molecule has 0 spiro atoms. The summed E-state index contributed by atoms with van der Waals surface area (Å²) in [6.45, 7) is 5.21. The highest BCUT2D eigenvalue weighted by atomic mass is 16.5. The van der Waals surface area contributed by atoms with Gasteiger partial charge < -0.3 is 15.1 Å². The van der Waals surface area contributed by atoms with E-state index in [-0.39, 0.29) is 0 Å². The normalized spacial score (nSPS) is 15.0. The maximum Gasteiger partial charge on any atom is 0.119 e. The van der Waals surface area contributed by atoms with Gasteiger partial charge in [-0.05, 0) is 62.2 Å². The van der Waals surface area contributed by atoms with Crippen molar-refractivity contribution in [3.63, 3.8) is 0 Å². The van der Waals surface area contributed by atoms with Crippen LogP contribution in [0.5, 0.6) is 5.75 Å². The molecule has 1 aliphatic heterocycles. The third-order valence-corrected chi connectivity index (χ3v) is 4.53. The van der Waals surface area contributed by atoms with Gasteiger partial charge in [0.2, 0.25) is 0 Å². The highest BCUT2D eigenvalue weighted by Gasteiger charge is 2.09. The van der Waals surface area contributed by atoms with Crippen LogP contribution in [0, 0.1) is 0 Å². The van der Waals surface area contributed by atoms with Crippen molar-refractivity contribution in [1.82, 2.24) is 10.3 Å². The lowest BCUT2D eigenvalue weighted by atomic mass is 10.1. The smallest absolute Gasteiger partial charge is 0.119 e. The van der Waals surface area contributed by atoms with E-state index in [0.29, 0.717) is 0 Å². The van der Waals surface area contributed by atoms with Gasteiger partial charge in [-0.1, -0.05) is 36.8 Å². The molecule has 4 heteroatoms. The lowest BCUT2D eigenvalue weighted by Crippen LogP contribution is -2.31. The molecule has 1 aliphatic rings. The number of rotatable bonds is 9. The van der Waals surface area contributed by atoms with E-state index >= 15 is 0 Å². The molecule has 0 atom stereocenters. The molecular formula is C21H29N3O. The first-order chi connectivity index (χ1) is 12.4. The molecule has 25 heavy (non-hydrogen) atoms. The van der Waals surface area contributed by atoms with Crippen LogP contribution in [0.2, 0.25) is 0 Å². The van der Waals surface area contributed by atoms with Gasteiger partial charge in [0, 0.05) is 18.8 Å². The Balaban J connectivity index is 1.35. The number of ether oxygens (including phenoxy) is 1. The minimum Gasteiger partial charge on any atom is -0.494 e. The Hall–Kier alpha value is -2.04. The number of anilines is 1.